The average Bonchev–Trinajstić information content (AvgIpc) is 2.43. The monoisotopic (exact) mass is 375 g/mol. The standard InChI is InChI=1S/C14H6F9NO/c15-12(16,17)8-5-6-24-11(10(8)13(18,19)20)7-3-1-2-4-9(7)25-14(21,22)23/h1-6H. The molecular weight excluding hydrogens is 369 g/mol. The number of ether oxygens (including phenoxy) is 1. The van der Waals surface area contributed by atoms with Gasteiger partial charge < -0.3 is 4.74 Å². The first kappa shape index (κ1) is 18.9. The summed E-state index contributed by atoms with van der Waals surface area (Å²) in [4.78, 5) is 3.21. The molecule has 1 aromatic heterocycles. The fourth-order valence-corrected chi connectivity index (χ4v) is 2.07. The van der Waals surface area contributed by atoms with Crippen LogP contribution in [-0.4, -0.2) is 11.3 Å². The summed E-state index contributed by atoms with van der Waals surface area (Å²) in [6.45, 7) is 0. The summed E-state index contributed by atoms with van der Waals surface area (Å²) < 4.78 is 119. The third-order valence-corrected chi connectivity index (χ3v) is 2.91. The Morgan fingerprint density at radius 1 is 0.760 bits per heavy atom. The highest BCUT2D eigenvalue weighted by Gasteiger charge is 2.46. The zero-order valence-electron chi connectivity index (χ0n) is 11.7. The second kappa shape index (κ2) is 6.12. The molecule has 0 aliphatic heterocycles. The van der Waals surface area contributed by atoms with E-state index in [1.807, 2.05) is 0 Å². The van der Waals surface area contributed by atoms with Gasteiger partial charge in [-0.15, -0.1) is 13.2 Å². The van der Waals surface area contributed by atoms with Crippen molar-refractivity contribution in [3.8, 4) is 17.0 Å². The third kappa shape index (κ3) is 4.34. The van der Waals surface area contributed by atoms with Gasteiger partial charge in [0.2, 0.25) is 0 Å². The molecule has 0 radical (unpaired) electrons. The largest absolute Gasteiger partial charge is 0.573 e. The highest BCUT2D eigenvalue weighted by molar-refractivity contribution is 5.71. The number of pyridine rings is 1. The first-order chi connectivity index (χ1) is 11.3. The molecule has 2 rings (SSSR count). The molecule has 0 unspecified atom stereocenters. The van der Waals surface area contributed by atoms with Crippen LogP contribution in [-0.2, 0) is 12.4 Å². The molecule has 1 aromatic carbocycles. The minimum Gasteiger partial charge on any atom is -0.405 e. The van der Waals surface area contributed by atoms with E-state index in [1.54, 1.807) is 0 Å². The van der Waals surface area contributed by atoms with Gasteiger partial charge >= 0.3 is 18.7 Å². The minimum atomic E-state index is -5.51. The van der Waals surface area contributed by atoms with Gasteiger partial charge in [0.15, 0.2) is 0 Å². The molecule has 0 spiro atoms. The normalized spacial score (nSPS) is 13.0. The van der Waals surface area contributed by atoms with E-state index >= 15 is 0 Å². The predicted octanol–water partition coefficient (Wildman–Crippen LogP) is 5.68. The topological polar surface area (TPSA) is 22.1 Å². The summed E-state index contributed by atoms with van der Waals surface area (Å²) >= 11 is 0. The van der Waals surface area contributed by atoms with Crippen molar-refractivity contribution in [3.05, 3.63) is 47.7 Å². The summed E-state index contributed by atoms with van der Waals surface area (Å²) in [6, 6.07) is 3.58. The first-order valence-electron chi connectivity index (χ1n) is 6.29. The maximum atomic E-state index is 13.2. The van der Waals surface area contributed by atoms with Gasteiger partial charge in [-0.1, -0.05) is 12.1 Å². The molecule has 0 bridgehead atoms. The number of halogens is 9. The second-order valence-electron chi connectivity index (χ2n) is 4.62. The van der Waals surface area contributed by atoms with E-state index in [1.165, 1.54) is 0 Å². The van der Waals surface area contributed by atoms with Gasteiger partial charge in [-0.25, -0.2) is 0 Å². The van der Waals surface area contributed by atoms with Crippen molar-refractivity contribution in [2.75, 3.05) is 0 Å². The fraction of sp³-hybridized carbons (Fsp3) is 0.214. The van der Waals surface area contributed by atoms with Crippen LogP contribution < -0.4 is 4.74 Å². The quantitative estimate of drug-likeness (QED) is 0.630. The molecule has 0 saturated carbocycles. The molecule has 2 aromatic rings. The Labute approximate surface area is 133 Å². The number of alkyl halides is 9. The Morgan fingerprint density at radius 2 is 1.36 bits per heavy atom. The molecule has 0 amide bonds. The van der Waals surface area contributed by atoms with Crippen molar-refractivity contribution < 1.29 is 44.3 Å². The van der Waals surface area contributed by atoms with Gasteiger partial charge in [0, 0.05) is 11.8 Å². The second-order valence-corrected chi connectivity index (χ2v) is 4.62. The smallest absolute Gasteiger partial charge is 0.405 e. The Morgan fingerprint density at radius 3 is 1.88 bits per heavy atom. The van der Waals surface area contributed by atoms with E-state index in [4.69, 9.17) is 0 Å². The maximum Gasteiger partial charge on any atom is 0.573 e. The Balaban J connectivity index is 2.78. The highest BCUT2D eigenvalue weighted by atomic mass is 19.4. The Bertz CT molecular complexity index is 762. The van der Waals surface area contributed by atoms with Crippen LogP contribution in [0.25, 0.3) is 11.3 Å². The molecular formula is C14H6F9NO. The van der Waals surface area contributed by atoms with E-state index in [-0.39, 0.29) is 6.07 Å². The molecule has 0 aliphatic carbocycles. The third-order valence-electron chi connectivity index (χ3n) is 2.91. The van der Waals surface area contributed by atoms with E-state index in [9.17, 15) is 39.5 Å². The number of nitrogens with zero attached hydrogens (tertiary/aromatic N) is 1. The highest BCUT2D eigenvalue weighted by Crippen LogP contribution is 2.46. The SMILES string of the molecule is FC(F)(F)Oc1ccccc1-c1nccc(C(F)(F)F)c1C(F)(F)F. The van der Waals surface area contributed by atoms with Gasteiger partial charge in [-0.2, -0.15) is 26.3 Å². The van der Waals surface area contributed by atoms with Crippen molar-refractivity contribution in [1.82, 2.24) is 4.98 Å². The van der Waals surface area contributed by atoms with Crippen molar-refractivity contribution in [3.63, 3.8) is 0 Å². The van der Waals surface area contributed by atoms with Crippen LogP contribution in [0.4, 0.5) is 39.5 Å². The van der Waals surface area contributed by atoms with Crippen molar-refractivity contribution in [2.45, 2.75) is 18.7 Å². The predicted molar refractivity (Wildman–Crippen MR) is 66.4 cm³/mol. The summed E-state index contributed by atoms with van der Waals surface area (Å²) in [5, 5.41) is 0. The van der Waals surface area contributed by atoms with E-state index < -0.39 is 46.8 Å². The van der Waals surface area contributed by atoms with Crippen LogP contribution >= 0.6 is 0 Å². The number of aromatic nitrogens is 1. The van der Waals surface area contributed by atoms with Crippen LogP contribution in [0.5, 0.6) is 5.75 Å². The van der Waals surface area contributed by atoms with E-state index in [0.717, 1.165) is 18.2 Å². The first-order valence-corrected chi connectivity index (χ1v) is 6.29. The number of para-hydroxylation sites is 1. The maximum absolute atomic E-state index is 13.2. The molecule has 0 atom stereocenters. The van der Waals surface area contributed by atoms with E-state index in [2.05, 4.69) is 9.72 Å². The number of benzene rings is 1. The molecule has 11 heteroatoms. The lowest BCUT2D eigenvalue weighted by molar-refractivity contribution is -0.274. The molecule has 2 nitrogen and oxygen atoms in total. The molecule has 0 saturated heterocycles. The Hall–Kier alpha value is -2.46. The summed E-state index contributed by atoms with van der Waals surface area (Å²) in [5.74, 6) is -1.10. The average molecular weight is 375 g/mol. The number of hydrogen-bond acceptors (Lipinski definition) is 2. The molecule has 0 N–H and O–H groups in total. The fourth-order valence-electron chi connectivity index (χ4n) is 2.07. The van der Waals surface area contributed by atoms with Gasteiger partial charge in [0.25, 0.3) is 0 Å². The molecule has 0 aliphatic rings. The van der Waals surface area contributed by atoms with Crippen molar-refractivity contribution in [1.29, 1.82) is 0 Å². The summed E-state index contributed by atoms with van der Waals surface area (Å²) in [5.41, 5.74) is -6.45. The van der Waals surface area contributed by atoms with Gasteiger partial charge in [-0.05, 0) is 18.2 Å². The van der Waals surface area contributed by atoms with Crippen LogP contribution in [0.2, 0.25) is 0 Å². The summed E-state index contributed by atoms with van der Waals surface area (Å²) in [6.07, 6.45) is -15.7. The van der Waals surface area contributed by atoms with Crippen molar-refractivity contribution >= 4 is 0 Å². The molecule has 136 valence electrons. The van der Waals surface area contributed by atoms with Crippen molar-refractivity contribution in [2.24, 2.45) is 0 Å². The molecule has 1 heterocycles. The lowest BCUT2D eigenvalue weighted by Gasteiger charge is -2.20. The van der Waals surface area contributed by atoms with E-state index in [0.29, 0.717) is 12.3 Å². The van der Waals surface area contributed by atoms with Gasteiger partial charge in [0.05, 0.1) is 16.8 Å². The Kier molecular flexibility index (Phi) is 4.62. The van der Waals surface area contributed by atoms with Gasteiger partial charge in [0.1, 0.15) is 5.75 Å². The van der Waals surface area contributed by atoms with Crippen LogP contribution in [0, 0.1) is 0 Å². The lowest BCUT2D eigenvalue weighted by atomic mass is 9.99. The number of rotatable bonds is 2. The minimum absolute atomic E-state index is 0.0968. The van der Waals surface area contributed by atoms with Crippen LogP contribution in [0.15, 0.2) is 36.5 Å². The molecule has 0 fully saturated rings. The summed E-state index contributed by atoms with van der Waals surface area (Å²) in [7, 11) is 0. The zero-order chi connectivity index (χ0) is 19.0. The van der Waals surface area contributed by atoms with Crippen LogP contribution in [0.3, 0.4) is 0 Å². The van der Waals surface area contributed by atoms with Gasteiger partial charge in [-0.3, -0.25) is 4.98 Å². The molecule has 25 heavy (non-hydrogen) atoms. The lowest BCUT2D eigenvalue weighted by Crippen LogP contribution is -2.20. The van der Waals surface area contributed by atoms with Crippen LogP contribution in [0.1, 0.15) is 11.1 Å². The number of hydrogen-bond donors (Lipinski definition) is 0. The zero-order valence-corrected chi connectivity index (χ0v) is 11.7.